The van der Waals surface area contributed by atoms with Crippen LogP contribution in [-0.2, 0) is 16.0 Å². The van der Waals surface area contributed by atoms with Crippen LogP contribution in [0.15, 0.2) is 30.3 Å². The number of aliphatic carboxylic acids is 1. The minimum atomic E-state index is -0.988. The highest BCUT2D eigenvalue weighted by atomic mass is 16.6. The van der Waals surface area contributed by atoms with Gasteiger partial charge in [0.05, 0.1) is 11.5 Å². The molecule has 1 aliphatic heterocycles. The van der Waals surface area contributed by atoms with Crippen LogP contribution in [-0.4, -0.2) is 28.1 Å². The van der Waals surface area contributed by atoms with Gasteiger partial charge in [-0.05, 0) is 129 Å². The average molecular weight is 591 g/mol. The molecule has 4 heteroatoms. The van der Waals surface area contributed by atoms with Crippen LogP contribution >= 0.6 is 0 Å². The van der Waals surface area contributed by atoms with Crippen LogP contribution in [0.5, 0.6) is 0 Å². The minimum Gasteiger partial charge on any atom is -0.481 e. The predicted molar refractivity (Wildman–Crippen MR) is 170 cm³/mol. The highest BCUT2D eigenvalue weighted by molar-refractivity contribution is 5.74. The minimum absolute atomic E-state index is 0.0180. The van der Waals surface area contributed by atoms with Crippen molar-refractivity contribution in [1.82, 2.24) is 0 Å². The first-order chi connectivity index (χ1) is 20.2. The number of fused-ring (bicyclic) bond motifs is 7. The van der Waals surface area contributed by atoms with Crippen molar-refractivity contribution >= 4 is 5.97 Å². The summed E-state index contributed by atoms with van der Waals surface area (Å²) in [4.78, 5) is 12.5. The van der Waals surface area contributed by atoms with Crippen molar-refractivity contribution in [2.24, 2.45) is 56.2 Å². The SMILES string of the molecule is CCC[C@H]1[C@@]23CC[C@@H]4[C@@](C)(CC[C@]5(C)[C@@H]6C[C@](C)(C(=O)O)CC[C@@]6(C)CC[C@]45C)[C@@H]2CC[C@]1(O)O[C@H]3Cc1ccccc1. The predicted octanol–water partition coefficient (Wildman–Crippen LogP) is 9.04. The topological polar surface area (TPSA) is 66.8 Å². The second kappa shape index (κ2) is 9.57. The molecule has 6 aliphatic rings. The maximum atomic E-state index is 12.5. The number of carboxylic acid groups (broad SMARTS) is 1. The van der Waals surface area contributed by atoms with E-state index in [4.69, 9.17) is 4.74 Å². The summed E-state index contributed by atoms with van der Waals surface area (Å²) < 4.78 is 6.91. The maximum Gasteiger partial charge on any atom is 0.309 e. The molecule has 5 saturated carbocycles. The van der Waals surface area contributed by atoms with Crippen LogP contribution in [0.3, 0.4) is 0 Å². The van der Waals surface area contributed by atoms with Gasteiger partial charge in [0.15, 0.2) is 5.79 Å². The fourth-order valence-electron chi connectivity index (χ4n) is 13.9. The second-order valence-electron chi connectivity index (χ2n) is 17.9. The number of benzene rings is 1. The van der Waals surface area contributed by atoms with Crippen LogP contribution in [0.25, 0.3) is 0 Å². The quantitative estimate of drug-likeness (QED) is 0.359. The van der Waals surface area contributed by atoms with Gasteiger partial charge in [-0.2, -0.15) is 0 Å². The molecule has 1 spiro atoms. The Labute approximate surface area is 260 Å². The van der Waals surface area contributed by atoms with Gasteiger partial charge in [-0.25, -0.2) is 0 Å². The molecular formula is C39H58O4. The molecule has 0 unspecified atom stereocenters. The molecule has 2 N–H and O–H groups in total. The lowest BCUT2D eigenvalue weighted by atomic mass is 9.29. The van der Waals surface area contributed by atoms with E-state index >= 15 is 0 Å². The Kier molecular flexibility index (Phi) is 6.74. The Balaban J connectivity index is 1.28. The summed E-state index contributed by atoms with van der Waals surface area (Å²) in [6.45, 7) is 14.7. The standard InChI is InChI=1S/C39H58O4/c1-7-11-29-38-16-14-27-35(4,28(38)15-17-39(29,42)43-31(38)24-26-12-9-8-10-13-26)21-23-37(6)30-25-34(3,32(40)41)19-18-33(30,2)20-22-36(27,37)5/h8-10,12-13,27-31,42H,7,11,14-25H2,1-6H3,(H,40,41)/t27-,28+,29+,30-,31+,33+,34-,35-,36-,37-,38-,39+/m1/s1. The maximum absolute atomic E-state index is 12.5. The third-order valence-electron chi connectivity index (χ3n) is 16.4. The van der Waals surface area contributed by atoms with E-state index in [1.807, 2.05) is 6.92 Å². The summed E-state index contributed by atoms with van der Waals surface area (Å²) in [7, 11) is 0. The number of ether oxygens (including phenoxy) is 1. The van der Waals surface area contributed by atoms with Crippen molar-refractivity contribution in [2.45, 2.75) is 143 Å². The van der Waals surface area contributed by atoms with Gasteiger partial charge in [0, 0.05) is 17.8 Å². The lowest BCUT2D eigenvalue weighted by Crippen LogP contribution is -2.69. The second-order valence-corrected chi connectivity index (χ2v) is 17.9. The number of carboxylic acids is 1. The first-order valence-electron chi connectivity index (χ1n) is 17.9. The zero-order valence-corrected chi connectivity index (χ0v) is 27.9. The summed E-state index contributed by atoms with van der Waals surface area (Å²) in [5.41, 5.74) is 1.55. The number of hydrogen-bond acceptors (Lipinski definition) is 3. The fourth-order valence-corrected chi connectivity index (χ4v) is 13.9. The summed E-state index contributed by atoms with van der Waals surface area (Å²) in [6.07, 6.45) is 14.9. The lowest BCUT2D eigenvalue weighted by molar-refractivity contribution is -0.269. The van der Waals surface area contributed by atoms with Gasteiger partial charge in [-0.3, -0.25) is 4.79 Å². The van der Waals surface area contributed by atoms with Crippen LogP contribution in [0.1, 0.15) is 131 Å². The summed E-state index contributed by atoms with van der Waals surface area (Å²) >= 11 is 0. The Bertz CT molecular complexity index is 1260. The zero-order chi connectivity index (χ0) is 30.7. The zero-order valence-electron chi connectivity index (χ0n) is 27.9. The van der Waals surface area contributed by atoms with Gasteiger partial charge in [0.2, 0.25) is 0 Å². The highest BCUT2D eigenvalue weighted by Crippen LogP contribution is 2.80. The molecule has 1 saturated heterocycles. The van der Waals surface area contributed by atoms with Crippen molar-refractivity contribution in [3.05, 3.63) is 35.9 Å². The van der Waals surface area contributed by atoms with E-state index in [2.05, 4.69) is 65.0 Å². The molecule has 1 aromatic rings. The van der Waals surface area contributed by atoms with Gasteiger partial charge in [0.1, 0.15) is 0 Å². The van der Waals surface area contributed by atoms with Crippen molar-refractivity contribution in [3.8, 4) is 0 Å². The molecule has 1 aromatic carbocycles. The highest BCUT2D eigenvalue weighted by Gasteiger charge is 2.76. The van der Waals surface area contributed by atoms with Gasteiger partial charge in [0.25, 0.3) is 0 Å². The van der Waals surface area contributed by atoms with E-state index < -0.39 is 17.2 Å². The van der Waals surface area contributed by atoms with Crippen LogP contribution in [0.4, 0.5) is 0 Å². The van der Waals surface area contributed by atoms with Crippen molar-refractivity contribution < 1.29 is 19.7 Å². The summed E-state index contributed by atoms with van der Waals surface area (Å²) in [5.74, 6) is 0.270. The van der Waals surface area contributed by atoms with Crippen LogP contribution in [0, 0.1) is 56.2 Å². The van der Waals surface area contributed by atoms with E-state index in [0.717, 1.165) is 57.8 Å². The van der Waals surface area contributed by atoms with Crippen LogP contribution < -0.4 is 0 Å². The average Bonchev–Trinajstić information content (AvgIpc) is 3.09. The normalized spacial score (nSPS) is 53.7. The Morgan fingerprint density at radius 1 is 0.837 bits per heavy atom. The van der Waals surface area contributed by atoms with E-state index in [0.29, 0.717) is 17.8 Å². The molecule has 0 aromatic heterocycles. The van der Waals surface area contributed by atoms with Gasteiger partial charge < -0.3 is 14.9 Å². The van der Waals surface area contributed by atoms with Gasteiger partial charge in [-0.15, -0.1) is 0 Å². The molecule has 2 bridgehead atoms. The molecule has 12 atom stereocenters. The molecule has 43 heavy (non-hydrogen) atoms. The van der Waals surface area contributed by atoms with Crippen molar-refractivity contribution in [3.63, 3.8) is 0 Å². The third-order valence-corrected chi connectivity index (χ3v) is 16.4. The van der Waals surface area contributed by atoms with Crippen molar-refractivity contribution in [2.75, 3.05) is 0 Å². The van der Waals surface area contributed by atoms with E-state index in [1.54, 1.807) is 0 Å². The summed E-state index contributed by atoms with van der Waals surface area (Å²) in [5, 5.41) is 22.5. The summed E-state index contributed by atoms with van der Waals surface area (Å²) in [6, 6.07) is 10.9. The Hall–Kier alpha value is -1.39. The number of hydrogen-bond donors (Lipinski definition) is 2. The van der Waals surface area contributed by atoms with Crippen molar-refractivity contribution in [1.29, 1.82) is 0 Å². The van der Waals surface area contributed by atoms with Gasteiger partial charge >= 0.3 is 5.97 Å². The monoisotopic (exact) mass is 590 g/mol. The smallest absolute Gasteiger partial charge is 0.309 e. The van der Waals surface area contributed by atoms with Crippen LogP contribution in [0.2, 0.25) is 0 Å². The molecule has 238 valence electrons. The number of carbonyl (C=O) groups is 1. The first kappa shape index (κ1) is 30.3. The molecular weight excluding hydrogens is 532 g/mol. The molecule has 7 rings (SSSR count). The number of rotatable bonds is 5. The number of aliphatic hydroxyl groups is 1. The Morgan fingerprint density at radius 3 is 2.19 bits per heavy atom. The first-order valence-corrected chi connectivity index (χ1v) is 17.9. The molecule has 0 radical (unpaired) electrons. The molecule has 5 aliphatic carbocycles. The molecule has 1 heterocycles. The van der Waals surface area contributed by atoms with E-state index in [1.165, 1.54) is 37.7 Å². The molecule has 4 nitrogen and oxygen atoms in total. The van der Waals surface area contributed by atoms with E-state index in [-0.39, 0.29) is 39.1 Å². The largest absolute Gasteiger partial charge is 0.481 e. The third kappa shape index (κ3) is 3.84. The Morgan fingerprint density at radius 2 is 1.49 bits per heavy atom. The van der Waals surface area contributed by atoms with Gasteiger partial charge in [-0.1, -0.05) is 71.4 Å². The lowest BCUT2D eigenvalue weighted by Gasteiger charge is -2.75. The molecule has 6 fully saturated rings. The van der Waals surface area contributed by atoms with E-state index in [9.17, 15) is 15.0 Å². The molecule has 0 amide bonds. The fraction of sp³-hybridized carbons (Fsp3) is 0.821.